The maximum atomic E-state index is 13.0. The van der Waals surface area contributed by atoms with Crippen LogP contribution in [0.1, 0.15) is 25.7 Å². The summed E-state index contributed by atoms with van der Waals surface area (Å²) >= 11 is 0. The first-order valence-electron chi connectivity index (χ1n) is 11.2. The van der Waals surface area contributed by atoms with Gasteiger partial charge in [0.05, 0.1) is 6.04 Å². The van der Waals surface area contributed by atoms with Crippen molar-refractivity contribution in [2.45, 2.75) is 31.7 Å². The molecule has 7 heteroatoms. The number of piperazine rings is 1. The van der Waals surface area contributed by atoms with Crippen molar-refractivity contribution in [3.8, 4) is 5.75 Å². The number of rotatable bonds is 9. The minimum atomic E-state index is -0.0764. The van der Waals surface area contributed by atoms with Gasteiger partial charge in [0.2, 0.25) is 5.91 Å². The number of benzene rings is 1. The van der Waals surface area contributed by atoms with E-state index >= 15 is 0 Å². The van der Waals surface area contributed by atoms with Crippen LogP contribution >= 0.6 is 0 Å². The molecule has 1 aromatic rings. The van der Waals surface area contributed by atoms with Crippen molar-refractivity contribution in [1.29, 1.82) is 0 Å². The van der Waals surface area contributed by atoms with E-state index < -0.39 is 0 Å². The zero-order valence-electron chi connectivity index (χ0n) is 18.4. The lowest BCUT2D eigenvalue weighted by Crippen LogP contribution is -2.58. The summed E-state index contributed by atoms with van der Waals surface area (Å²) in [6, 6.07) is 9.34. The smallest absolute Gasteiger partial charge is 0.260 e. The SMILES string of the molecule is CN(C)CCNC(=O)C(C1CCCC1)N1CCN(C(=O)COc2ccccc2)CC1. The molecule has 7 nitrogen and oxygen atoms in total. The summed E-state index contributed by atoms with van der Waals surface area (Å²) in [6.07, 6.45) is 4.66. The Hall–Kier alpha value is -2.12. The van der Waals surface area contributed by atoms with E-state index in [0.717, 1.165) is 32.5 Å². The van der Waals surface area contributed by atoms with E-state index in [0.29, 0.717) is 31.3 Å². The third kappa shape index (κ3) is 6.44. The Morgan fingerprint density at radius 1 is 1.10 bits per heavy atom. The molecule has 1 saturated carbocycles. The van der Waals surface area contributed by atoms with E-state index in [-0.39, 0.29) is 24.5 Å². The second-order valence-corrected chi connectivity index (χ2v) is 8.60. The molecule has 2 amide bonds. The third-order valence-electron chi connectivity index (χ3n) is 6.14. The van der Waals surface area contributed by atoms with Gasteiger partial charge in [0.1, 0.15) is 5.75 Å². The fourth-order valence-corrected chi connectivity index (χ4v) is 4.46. The fourth-order valence-electron chi connectivity index (χ4n) is 4.46. The molecule has 1 aliphatic carbocycles. The molecule has 0 bridgehead atoms. The Morgan fingerprint density at radius 2 is 1.77 bits per heavy atom. The van der Waals surface area contributed by atoms with Crippen molar-refractivity contribution in [2.75, 3.05) is 60.0 Å². The summed E-state index contributed by atoms with van der Waals surface area (Å²) in [4.78, 5) is 31.8. The average Bonchev–Trinajstić information content (AvgIpc) is 3.27. The van der Waals surface area contributed by atoms with Crippen LogP contribution in [0.2, 0.25) is 0 Å². The third-order valence-corrected chi connectivity index (χ3v) is 6.14. The summed E-state index contributed by atoms with van der Waals surface area (Å²) in [6.45, 7) is 4.33. The molecule has 0 aromatic heterocycles. The molecule has 30 heavy (non-hydrogen) atoms. The molecule has 1 aromatic carbocycles. The van der Waals surface area contributed by atoms with Crippen LogP contribution in [0.25, 0.3) is 0 Å². The molecule has 1 N–H and O–H groups in total. The number of hydrogen-bond donors (Lipinski definition) is 1. The minimum absolute atomic E-state index is 0.00588. The van der Waals surface area contributed by atoms with Crippen molar-refractivity contribution in [3.05, 3.63) is 30.3 Å². The van der Waals surface area contributed by atoms with E-state index in [1.807, 2.05) is 49.3 Å². The Labute approximate surface area is 180 Å². The van der Waals surface area contributed by atoms with E-state index in [1.165, 1.54) is 12.8 Å². The van der Waals surface area contributed by atoms with E-state index in [4.69, 9.17) is 4.74 Å². The minimum Gasteiger partial charge on any atom is -0.484 e. The number of para-hydroxylation sites is 1. The quantitative estimate of drug-likeness (QED) is 0.660. The number of hydrogen-bond acceptors (Lipinski definition) is 5. The zero-order chi connectivity index (χ0) is 21.3. The topological polar surface area (TPSA) is 65.1 Å². The molecule has 1 atom stereocenters. The molecule has 1 saturated heterocycles. The number of likely N-dealkylation sites (N-methyl/N-ethyl adjacent to an activating group) is 1. The number of carbonyl (C=O) groups excluding carboxylic acids is 2. The second kappa shape index (κ2) is 11.3. The molecule has 1 heterocycles. The predicted octanol–water partition coefficient (Wildman–Crippen LogP) is 1.45. The van der Waals surface area contributed by atoms with Crippen LogP contribution in [0.4, 0.5) is 0 Å². The van der Waals surface area contributed by atoms with Crippen LogP contribution in [0.15, 0.2) is 30.3 Å². The Bertz CT molecular complexity index is 668. The average molecular weight is 417 g/mol. The van der Waals surface area contributed by atoms with Gasteiger partial charge in [-0.15, -0.1) is 0 Å². The summed E-state index contributed by atoms with van der Waals surface area (Å²) in [5.74, 6) is 1.29. The fraction of sp³-hybridized carbons (Fsp3) is 0.652. The molecule has 0 radical (unpaired) electrons. The second-order valence-electron chi connectivity index (χ2n) is 8.60. The van der Waals surface area contributed by atoms with Crippen molar-refractivity contribution in [1.82, 2.24) is 20.0 Å². The van der Waals surface area contributed by atoms with Gasteiger partial charge >= 0.3 is 0 Å². The van der Waals surface area contributed by atoms with Crippen LogP contribution in [-0.2, 0) is 9.59 Å². The van der Waals surface area contributed by atoms with Crippen molar-refractivity contribution in [2.24, 2.45) is 5.92 Å². The molecular weight excluding hydrogens is 380 g/mol. The number of carbonyl (C=O) groups is 2. The van der Waals surface area contributed by atoms with Crippen molar-refractivity contribution >= 4 is 11.8 Å². The van der Waals surface area contributed by atoms with E-state index in [1.54, 1.807) is 0 Å². The Kier molecular flexibility index (Phi) is 8.51. The maximum Gasteiger partial charge on any atom is 0.260 e. The van der Waals surface area contributed by atoms with Crippen LogP contribution < -0.4 is 10.1 Å². The molecule has 2 aliphatic rings. The number of nitrogens with zero attached hydrogens (tertiary/aromatic N) is 3. The first-order chi connectivity index (χ1) is 14.5. The first kappa shape index (κ1) is 22.6. The van der Waals surface area contributed by atoms with Crippen molar-refractivity contribution < 1.29 is 14.3 Å². The highest BCUT2D eigenvalue weighted by atomic mass is 16.5. The number of ether oxygens (including phenoxy) is 1. The lowest BCUT2D eigenvalue weighted by atomic mass is 9.95. The lowest BCUT2D eigenvalue weighted by Gasteiger charge is -2.40. The van der Waals surface area contributed by atoms with Crippen LogP contribution in [0, 0.1) is 5.92 Å². The van der Waals surface area contributed by atoms with Gasteiger partial charge in [-0.3, -0.25) is 14.5 Å². The van der Waals surface area contributed by atoms with Gasteiger partial charge in [0.15, 0.2) is 6.61 Å². The van der Waals surface area contributed by atoms with E-state index in [2.05, 4.69) is 15.1 Å². The van der Waals surface area contributed by atoms with Gasteiger partial charge in [-0.05, 0) is 45.0 Å². The molecular formula is C23H36N4O3. The van der Waals surface area contributed by atoms with Gasteiger partial charge in [-0.1, -0.05) is 31.0 Å². The summed E-state index contributed by atoms with van der Waals surface area (Å²) < 4.78 is 5.61. The van der Waals surface area contributed by atoms with Gasteiger partial charge in [0.25, 0.3) is 5.91 Å². The lowest BCUT2D eigenvalue weighted by molar-refractivity contribution is -0.137. The van der Waals surface area contributed by atoms with Crippen LogP contribution in [-0.4, -0.2) is 92.5 Å². The molecule has 3 rings (SSSR count). The van der Waals surface area contributed by atoms with Gasteiger partial charge in [0, 0.05) is 39.3 Å². The van der Waals surface area contributed by atoms with Gasteiger partial charge in [-0.2, -0.15) is 0 Å². The van der Waals surface area contributed by atoms with E-state index in [9.17, 15) is 9.59 Å². The molecule has 1 unspecified atom stereocenters. The highest BCUT2D eigenvalue weighted by Gasteiger charge is 2.37. The maximum absolute atomic E-state index is 13.0. The van der Waals surface area contributed by atoms with Gasteiger partial charge in [-0.25, -0.2) is 0 Å². The Balaban J connectivity index is 1.50. The largest absolute Gasteiger partial charge is 0.484 e. The van der Waals surface area contributed by atoms with Gasteiger partial charge < -0.3 is 19.9 Å². The van der Waals surface area contributed by atoms with Crippen LogP contribution in [0.5, 0.6) is 5.75 Å². The predicted molar refractivity (Wildman–Crippen MR) is 117 cm³/mol. The summed E-state index contributed by atoms with van der Waals surface area (Å²) in [5, 5.41) is 3.14. The standard InChI is InChI=1S/C23H36N4O3/c1-25(2)13-12-24-23(29)22(19-8-6-7-9-19)27-16-14-26(15-17-27)21(28)18-30-20-10-4-3-5-11-20/h3-5,10-11,19,22H,6-9,12-18H2,1-2H3,(H,24,29). The highest BCUT2D eigenvalue weighted by Crippen LogP contribution is 2.31. The molecule has 166 valence electrons. The van der Waals surface area contributed by atoms with Crippen LogP contribution in [0.3, 0.4) is 0 Å². The summed E-state index contributed by atoms with van der Waals surface area (Å²) in [7, 11) is 4.02. The summed E-state index contributed by atoms with van der Waals surface area (Å²) in [5.41, 5.74) is 0. The first-order valence-corrected chi connectivity index (χ1v) is 11.2. The molecule has 1 aliphatic heterocycles. The van der Waals surface area contributed by atoms with Crippen molar-refractivity contribution in [3.63, 3.8) is 0 Å². The Morgan fingerprint density at radius 3 is 2.40 bits per heavy atom. The monoisotopic (exact) mass is 416 g/mol. The number of nitrogens with one attached hydrogen (secondary N) is 1. The number of amides is 2. The zero-order valence-corrected chi connectivity index (χ0v) is 18.4. The molecule has 2 fully saturated rings. The molecule has 0 spiro atoms. The normalized spacial score (nSPS) is 19.1. The highest BCUT2D eigenvalue weighted by molar-refractivity contribution is 5.82.